The van der Waals surface area contributed by atoms with Crippen molar-refractivity contribution in [2.24, 2.45) is 0 Å². The molecule has 124 valence electrons. The molecule has 1 aromatic rings. The molecule has 0 radical (unpaired) electrons. The molecular weight excluding hydrogens is 290 g/mol. The van der Waals surface area contributed by atoms with Gasteiger partial charge in [-0.1, -0.05) is 50.3 Å². The smallest absolute Gasteiger partial charge is 0.326 e. The van der Waals surface area contributed by atoms with Crippen molar-refractivity contribution in [3.8, 4) is 0 Å². The van der Waals surface area contributed by atoms with Crippen LogP contribution in [-0.4, -0.2) is 34.5 Å². The molecule has 1 aromatic carbocycles. The third-order valence-corrected chi connectivity index (χ3v) is 4.31. The first-order valence-electron chi connectivity index (χ1n) is 8.28. The molecule has 0 saturated carbocycles. The minimum absolute atomic E-state index is 0.104. The van der Waals surface area contributed by atoms with Crippen molar-refractivity contribution in [1.82, 2.24) is 4.90 Å². The largest absolute Gasteiger partial charge is 0.480 e. The Hall–Kier alpha value is -2.10. The van der Waals surface area contributed by atoms with Gasteiger partial charge < -0.3 is 10.0 Å². The standard InChI is InChI=1S/C19H25NO3/c1-14(2)16-11-9-15(10-12-16)6-5-8-18(21)20-13-4-3-7-17(20)19(22)23/h5-6,9-12,14,17H,3-4,7-8,13H2,1-2H3,(H,22,23)/b6-5+. The highest BCUT2D eigenvalue weighted by molar-refractivity contribution is 5.85. The van der Waals surface area contributed by atoms with Gasteiger partial charge in [0, 0.05) is 13.0 Å². The normalized spacial score (nSPS) is 18.6. The summed E-state index contributed by atoms with van der Waals surface area (Å²) in [5, 5.41) is 9.22. The van der Waals surface area contributed by atoms with Crippen LogP contribution in [0.4, 0.5) is 0 Å². The van der Waals surface area contributed by atoms with Gasteiger partial charge >= 0.3 is 5.97 Å². The summed E-state index contributed by atoms with van der Waals surface area (Å²) in [5.41, 5.74) is 2.34. The SMILES string of the molecule is CC(C)c1ccc(/C=C/CC(=O)N2CCCCC2C(=O)O)cc1. The molecule has 2 rings (SSSR count). The van der Waals surface area contributed by atoms with Crippen molar-refractivity contribution < 1.29 is 14.7 Å². The van der Waals surface area contributed by atoms with E-state index >= 15 is 0 Å². The highest BCUT2D eigenvalue weighted by Gasteiger charge is 2.31. The summed E-state index contributed by atoms with van der Waals surface area (Å²) in [6.45, 7) is 4.86. The molecule has 1 amide bonds. The summed E-state index contributed by atoms with van der Waals surface area (Å²) < 4.78 is 0. The Morgan fingerprint density at radius 3 is 2.57 bits per heavy atom. The van der Waals surface area contributed by atoms with Crippen LogP contribution < -0.4 is 0 Å². The van der Waals surface area contributed by atoms with Crippen LogP contribution in [-0.2, 0) is 9.59 Å². The fourth-order valence-corrected chi connectivity index (χ4v) is 2.89. The summed E-state index contributed by atoms with van der Waals surface area (Å²) >= 11 is 0. The third-order valence-electron chi connectivity index (χ3n) is 4.31. The van der Waals surface area contributed by atoms with E-state index in [1.54, 1.807) is 0 Å². The van der Waals surface area contributed by atoms with Gasteiger partial charge in [0.05, 0.1) is 0 Å². The van der Waals surface area contributed by atoms with E-state index in [1.807, 2.05) is 24.3 Å². The monoisotopic (exact) mass is 315 g/mol. The van der Waals surface area contributed by atoms with Gasteiger partial charge in [-0.05, 0) is 36.3 Å². The Kier molecular flexibility index (Phi) is 5.97. The summed E-state index contributed by atoms with van der Waals surface area (Å²) in [6, 6.07) is 7.61. The average molecular weight is 315 g/mol. The molecule has 23 heavy (non-hydrogen) atoms. The number of carbonyl (C=O) groups is 2. The number of likely N-dealkylation sites (tertiary alicyclic amines) is 1. The molecule has 1 saturated heterocycles. The molecule has 0 spiro atoms. The third kappa shape index (κ3) is 4.68. The Morgan fingerprint density at radius 2 is 1.96 bits per heavy atom. The number of carboxylic acids is 1. The van der Waals surface area contributed by atoms with Gasteiger partial charge in [0.15, 0.2) is 0 Å². The molecule has 4 heteroatoms. The molecule has 4 nitrogen and oxygen atoms in total. The van der Waals surface area contributed by atoms with E-state index in [9.17, 15) is 14.7 Å². The van der Waals surface area contributed by atoms with E-state index in [0.29, 0.717) is 18.9 Å². The number of benzene rings is 1. The molecule has 0 bridgehead atoms. The van der Waals surface area contributed by atoms with Gasteiger partial charge in [0.2, 0.25) is 5.91 Å². The van der Waals surface area contributed by atoms with E-state index in [1.165, 1.54) is 10.5 Å². The molecule has 0 aromatic heterocycles. The molecule has 1 aliphatic heterocycles. The summed E-state index contributed by atoms with van der Waals surface area (Å²) in [4.78, 5) is 25.0. The number of carboxylic acid groups (broad SMARTS) is 1. The Balaban J connectivity index is 1.93. The quantitative estimate of drug-likeness (QED) is 0.901. The second-order valence-electron chi connectivity index (χ2n) is 6.36. The van der Waals surface area contributed by atoms with E-state index in [0.717, 1.165) is 18.4 Å². The maximum absolute atomic E-state index is 12.3. The van der Waals surface area contributed by atoms with Crippen molar-refractivity contribution in [2.45, 2.75) is 51.5 Å². The molecule has 0 aliphatic carbocycles. The minimum Gasteiger partial charge on any atom is -0.480 e. The summed E-state index contributed by atoms with van der Waals surface area (Å²) in [6.07, 6.45) is 6.30. The predicted octanol–water partition coefficient (Wildman–Crippen LogP) is 3.68. The number of amides is 1. The fourth-order valence-electron chi connectivity index (χ4n) is 2.89. The van der Waals surface area contributed by atoms with Crippen LogP contribution in [0.1, 0.15) is 56.6 Å². The topological polar surface area (TPSA) is 57.6 Å². The van der Waals surface area contributed by atoms with Gasteiger partial charge in [-0.3, -0.25) is 4.79 Å². The molecule has 1 unspecified atom stereocenters. The van der Waals surface area contributed by atoms with Crippen molar-refractivity contribution in [1.29, 1.82) is 0 Å². The highest BCUT2D eigenvalue weighted by Crippen LogP contribution is 2.19. The highest BCUT2D eigenvalue weighted by atomic mass is 16.4. The lowest BCUT2D eigenvalue weighted by Crippen LogP contribution is -2.47. The lowest BCUT2D eigenvalue weighted by Gasteiger charge is -2.32. The second kappa shape index (κ2) is 7.95. The zero-order valence-electron chi connectivity index (χ0n) is 13.9. The van der Waals surface area contributed by atoms with Crippen LogP contribution in [0.5, 0.6) is 0 Å². The lowest BCUT2D eigenvalue weighted by molar-refractivity contribution is -0.151. The number of carbonyl (C=O) groups excluding carboxylic acids is 1. The van der Waals surface area contributed by atoms with Gasteiger partial charge in [-0.25, -0.2) is 4.79 Å². The second-order valence-corrected chi connectivity index (χ2v) is 6.36. The summed E-state index contributed by atoms with van der Waals surface area (Å²) in [5.74, 6) is -0.500. The van der Waals surface area contributed by atoms with Crippen LogP contribution >= 0.6 is 0 Å². The number of hydrogen-bond acceptors (Lipinski definition) is 2. The number of nitrogens with zero attached hydrogens (tertiary/aromatic N) is 1. The zero-order chi connectivity index (χ0) is 16.8. The fraction of sp³-hybridized carbons (Fsp3) is 0.474. The van der Waals surface area contributed by atoms with Gasteiger partial charge in [-0.2, -0.15) is 0 Å². The Bertz CT molecular complexity index is 575. The van der Waals surface area contributed by atoms with E-state index in [-0.39, 0.29) is 12.3 Å². The first-order valence-corrected chi connectivity index (χ1v) is 8.28. The van der Waals surface area contributed by atoms with Crippen LogP contribution in [0.2, 0.25) is 0 Å². The first kappa shape index (κ1) is 17.3. The van der Waals surface area contributed by atoms with Crippen LogP contribution in [0.15, 0.2) is 30.3 Å². The maximum Gasteiger partial charge on any atom is 0.326 e. The maximum atomic E-state index is 12.3. The van der Waals surface area contributed by atoms with E-state index in [2.05, 4.69) is 26.0 Å². The Labute approximate surface area is 137 Å². The molecule has 1 N–H and O–H groups in total. The van der Waals surface area contributed by atoms with Crippen molar-refractivity contribution in [3.63, 3.8) is 0 Å². The van der Waals surface area contributed by atoms with Crippen molar-refractivity contribution >= 4 is 18.0 Å². The van der Waals surface area contributed by atoms with Crippen LogP contribution in [0.25, 0.3) is 6.08 Å². The number of piperidine rings is 1. The van der Waals surface area contributed by atoms with Gasteiger partial charge in [0.1, 0.15) is 6.04 Å². The van der Waals surface area contributed by atoms with E-state index < -0.39 is 12.0 Å². The number of aliphatic carboxylic acids is 1. The van der Waals surface area contributed by atoms with Crippen molar-refractivity contribution in [2.75, 3.05) is 6.54 Å². The summed E-state index contributed by atoms with van der Waals surface area (Å²) in [7, 11) is 0. The molecule has 1 aliphatic rings. The Morgan fingerprint density at radius 1 is 1.26 bits per heavy atom. The van der Waals surface area contributed by atoms with Crippen molar-refractivity contribution in [3.05, 3.63) is 41.5 Å². The lowest BCUT2D eigenvalue weighted by atomic mass is 10.0. The molecule has 1 heterocycles. The first-order chi connectivity index (χ1) is 11.0. The van der Waals surface area contributed by atoms with Crippen LogP contribution in [0, 0.1) is 0 Å². The van der Waals surface area contributed by atoms with Gasteiger partial charge in [0.25, 0.3) is 0 Å². The predicted molar refractivity (Wildman–Crippen MR) is 91.2 cm³/mol. The zero-order valence-corrected chi connectivity index (χ0v) is 13.9. The number of rotatable bonds is 5. The minimum atomic E-state index is -0.897. The number of hydrogen-bond donors (Lipinski definition) is 1. The molecule has 1 fully saturated rings. The molecular formula is C19H25NO3. The van der Waals surface area contributed by atoms with Gasteiger partial charge in [-0.15, -0.1) is 0 Å². The van der Waals surface area contributed by atoms with Crippen LogP contribution in [0.3, 0.4) is 0 Å². The average Bonchev–Trinajstić information content (AvgIpc) is 2.55. The van der Waals surface area contributed by atoms with E-state index in [4.69, 9.17) is 0 Å². The molecule has 1 atom stereocenters.